The Balaban J connectivity index is 1.25. The fourth-order valence-electron chi connectivity index (χ4n) is 11.3. The van der Waals surface area contributed by atoms with E-state index < -0.39 is 27.2 Å². The number of hydrogen-bond acceptors (Lipinski definition) is 4. The highest BCUT2D eigenvalue weighted by molar-refractivity contribution is 7.20. The summed E-state index contributed by atoms with van der Waals surface area (Å²) in [5, 5.41) is 11.2. The first-order valence-corrected chi connectivity index (χ1v) is 25.1. The summed E-state index contributed by atoms with van der Waals surface area (Å²) in [7, 11) is -3.92. The maximum Gasteiger partial charge on any atom is 0.220 e. The van der Waals surface area contributed by atoms with E-state index in [1.807, 2.05) is 108 Å². The van der Waals surface area contributed by atoms with Crippen LogP contribution in [0.2, 0.25) is 0 Å². The van der Waals surface area contributed by atoms with Gasteiger partial charge in [-0.3, -0.25) is 8.97 Å². The molecule has 6 nitrogen and oxygen atoms in total. The molecule has 9 aromatic carbocycles. The maximum absolute atomic E-state index is 9.61. The molecule has 1 aliphatic carbocycles. The van der Waals surface area contributed by atoms with Crippen molar-refractivity contribution in [1.82, 2.24) is 23.9 Å². The summed E-state index contributed by atoms with van der Waals surface area (Å²) in [5.41, 5.74) is 1.44. The normalized spacial score (nSPS) is 17.0. The Morgan fingerprint density at radius 1 is 0.507 bits per heavy atom. The summed E-state index contributed by atoms with van der Waals surface area (Å²) < 4.78 is 69.1. The average Bonchev–Trinajstić information content (AvgIpc) is 4.09. The highest BCUT2D eigenvalue weighted by atomic mass is 28.3. The summed E-state index contributed by atoms with van der Waals surface area (Å²) >= 11 is 0. The van der Waals surface area contributed by atoms with Gasteiger partial charge in [0.2, 0.25) is 5.78 Å². The lowest BCUT2D eigenvalue weighted by atomic mass is 9.75. The minimum absolute atomic E-state index is 0.0478. The van der Waals surface area contributed by atoms with E-state index in [0.29, 0.717) is 16.7 Å². The number of benzene rings is 9. The van der Waals surface area contributed by atoms with Crippen LogP contribution >= 0.6 is 0 Å². The molecule has 0 saturated heterocycles. The van der Waals surface area contributed by atoms with Crippen LogP contribution in [-0.2, 0) is 5.41 Å². The minimum Gasteiger partial charge on any atom is -0.457 e. The summed E-state index contributed by atoms with van der Waals surface area (Å²) in [6.07, 6.45) is 3.49. The van der Waals surface area contributed by atoms with Gasteiger partial charge in [0.25, 0.3) is 0 Å². The molecule has 0 bridgehead atoms. The molecule has 0 unspecified atom stereocenters. The van der Waals surface area contributed by atoms with Crippen molar-refractivity contribution >= 4 is 56.7 Å². The van der Waals surface area contributed by atoms with Crippen molar-refractivity contribution in [3.63, 3.8) is 0 Å². The van der Waals surface area contributed by atoms with Crippen LogP contribution in [0.3, 0.4) is 0 Å². The van der Waals surface area contributed by atoms with Crippen molar-refractivity contribution in [2.75, 3.05) is 0 Å². The number of ether oxygens (including phenoxy) is 1. The molecule has 14 rings (SSSR count). The van der Waals surface area contributed by atoms with Gasteiger partial charge in [-0.1, -0.05) is 184 Å². The zero-order valence-corrected chi connectivity index (χ0v) is 38.0. The Morgan fingerprint density at radius 2 is 1.12 bits per heavy atom. The number of nitrogens with zero attached hydrogens (tertiary/aromatic N) is 5. The monoisotopic (exact) mass is 907 g/mol. The maximum atomic E-state index is 9.61. The predicted octanol–water partition coefficient (Wildman–Crippen LogP) is 10.5. The van der Waals surface area contributed by atoms with Gasteiger partial charge in [-0.15, -0.1) is 0 Å². The van der Waals surface area contributed by atoms with Gasteiger partial charge in [-0.25, -0.2) is 15.0 Å². The third-order valence-electron chi connectivity index (χ3n) is 14.3. The molecular formula is C62H43N5OSi. The molecular weight excluding hydrogens is 859 g/mol. The van der Waals surface area contributed by atoms with Gasteiger partial charge in [-0.05, 0) is 89.3 Å². The summed E-state index contributed by atoms with van der Waals surface area (Å²) in [4.78, 5) is 14.7. The van der Waals surface area contributed by atoms with Crippen LogP contribution in [0.1, 0.15) is 33.1 Å². The van der Waals surface area contributed by atoms with E-state index in [-0.39, 0.29) is 22.6 Å². The number of fused-ring (bicyclic) bond motifs is 11. The molecule has 7 heteroatoms. The van der Waals surface area contributed by atoms with E-state index in [9.17, 15) is 8.22 Å². The first-order valence-electron chi connectivity index (χ1n) is 26.1. The molecule has 69 heavy (non-hydrogen) atoms. The standard InChI is InChI=1S/C62H43N5OSi/c1-62(2)51-27-13-18-32-57(51)68-60-52(62)35-40(66-55-30-16-17-31-56(55)67-54-29-15-14-28-53(54)65-61(66)67)36-58(60)69(41-19-5-3-6-20-41,42-21-7-4-8-22-42)43-33-34-47-44-23-11-12-26-48(44)59-50(38-63-39-64-59)46-25-10-9-24-45(46)49(47)37-43/h3-39H,1-2H3/b47-44-,49-45-,50-46-,59-48+/i1D3,2D3. The van der Waals surface area contributed by atoms with Crippen molar-refractivity contribution in [3.05, 3.63) is 278 Å². The second-order valence-electron chi connectivity index (χ2n) is 17.9. The van der Waals surface area contributed by atoms with Crippen LogP contribution in [0.4, 0.5) is 0 Å². The number of imidazole rings is 2. The molecule has 0 spiro atoms. The zero-order valence-electron chi connectivity index (χ0n) is 43.0. The summed E-state index contributed by atoms with van der Waals surface area (Å²) in [5.74, 6) is 0.961. The molecule has 4 heterocycles. The third-order valence-corrected chi connectivity index (χ3v) is 19.1. The van der Waals surface area contributed by atoms with Crippen molar-refractivity contribution in [2.45, 2.75) is 19.1 Å². The largest absolute Gasteiger partial charge is 0.457 e. The fraction of sp³-hybridized carbons (Fsp3) is 0.0484. The molecule has 0 atom stereocenters. The minimum atomic E-state index is -3.92. The van der Waals surface area contributed by atoms with Gasteiger partial charge in [-0.2, -0.15) is 0 Å². The SMILES string of the molecule is [2H]C([2H])([2H])C1(C([2H])([2H])[2H])c2ccccc2Oc2c1cc(-n1c3ccccc3n3c4ccccc4nc13)cc2[Si](c1ccccc1)(c1ccccc1)c1ccc2/c(c1)=c1/cccc/c1=c1\cncn\c1=c1/cccc/c1=2. The average molecular weight is 908 g/mol. The van der Waals surface area contributed by atoms with E-state index in [1.54, 1.807) is 36.7 Å². The van der Waals surface area contributed by atoms with E-state index in [1.165, 1.54) is 0 Å². The molecule has 3 aromatic heterocycles. The number of rotatable bonds is 5. The molecule has 0 saturated carbocycles. The van der Waals surface area contributed by atoms with Gasteiger partial charge in [0.05, 0.1) is 27.4 Å². The Hall–Kier alpha value is -8.65. The molecule has 12 aromatic rings. The quantitative estimate of drug-likeness (QED) is 0.128. The lowest BCUT2D eigenvalue weighted by Crippen LogP contribution is -2.75. The second kappa shape index (κ2) is 14.9. The summed E-state index contributed by atoms with van der Waals surface area (Å²) in [6.45, 7) is -6.25. The first-order chi connectivity index (χ1) is 36.5. The third kappa shape index (κ3) is 5.62. The van der Waals surface area contributed by atoms with Gasteiger partial charge in [0.1, 0.15) is 17.8 Å². The summed E-state index contributed by atoms with van der Waals surface area (Å²) in [6, 6.07) is 70.8. The Labute approximate surface area is 406 Å². The smallest absolute Gasteiger partial charge is 0.220 e. The van der Waals surface area contributed by atoms with Crippen LogP contribution in [0, 0.1) is 41.9 Å². The predicted molar refractivity (Wildman–Crippen MR) is 277 cm³/mol. The highest BCUT2D eigenvalue weighted by Crippen LogP contribution is 2.48. The van der Waals surface area contributed by atoms with Crippen molar-refractivity contribution in [1.29, 1.82) is 0 Å². The molecule has 0 amide bonds. The van der Waals surface area contributed by atoms with Crippen LogP contribution in [0.15, 0.2) is 225 Å². The lowest BCUT2D eigenvalue weighted by molar-refractivity contribution is 0.421. The molecule has 2 aliphatic rings. The van der Waals surface area contributed by atoms with Gasteiger partial charge in [0.15, 0.2) is 8.07 Å². The van der Waals surface area contributed by atoms with Gasteiger partial charge in [0, 0.05) is 47.1 Å². The van der Waals surface area contributed by atoms with Crippen LogP contribution in [-0.4, -0.2) is 32.0 Å². The highest BCUT2D eigenvalue weighted by Gasteiger charge is 2.47. The molecule has 1 aliphatic heterocycles. The van der Waals surface area contributed by atoms with Crippen LogP contribution in [0.5, 0.6) is 11.5 Å². The van der Waals surface area contributed by atoms with E-state index in [4.69, 9.17) is 14.7 Å². The van der Waals surface area contributed by atoms with Crippen molar-refractivity contribution in [2.24, 2.45) is 0 Å². The zero-order chi connectivity index (χ0) is 50.8. The second-order valence-corrected chi connectivity index (χ2v) is 21.7. The first kappa shape index (κ1) is 33.8. The Morgan fingerprint density at radius 3 is 1.87 bits per heavy atom. The molecule has 0 fully saturated rings. The van der Waals surface area contributed by atoms with Crippen LogP contribution < -0.4 is 25.5 Å². The van der Waals surface area contributed by atoms with Gasteiger partial charge < -0.3 is 4.74 Å². The Kier molecular flexibility index (Phi) is 7.30. The van der Waals surface area contributed by atoms with Crippen LogP contribution in [0.25, 0.3) is 33.5 Å². The number of para-hydroxylation sites is 5. The van der Waals surface area contributed by atoms with E-state index in [2.05, 4.69) is 94.3 Å². The molecule has 0 N–H and O–H groups in total. The van der Waals surface area contributed by atoms with E-state index in [0.717, 1.165) is 79.5 Å². The van der Waals surface area contributed by atoms with Crippen molar-refractivity contribution < 1.29 is 13.0 Å². The topological polar surface area (TPSA) is 57.2 Å². The van der Waals surface area contributed by atoms with E-state index >= 15 is 0 Å². The molecule has 326 valence electrons. The van der Waals surface area contributed by atoms with Crippen molar-refractivity contribution in [3.8, 4) is 17.2 Å². The van der Waals surface area contributed by atoms with Gasteiger partial charge >= 0.3 is 0 Å². The number of aromatic nitrogens is 5. The fourth-order valence-corrected chi connectivity index (χ4v) is 16.2. The number of hydrogen-bond donors (Lipinski definition) is 0. The molecule has 0 radical (unpaired) electrons. The lowest BCUT2D eigenvalue weighted by Gasteiger charge is -2.41. The Bertz CT molecular complexity index is 4700.